The lowest BCUT2D eigenvalue weighted by Crippen LogP contribution is -2.16. The molecule has 0 aromatic heterocycles. The molecule has 2 unspecified atom stereocenters. The smallest absolute Gasteiger partial charge is 0.337 e. The molecular formula is C20H27N3O4. The summed E-state index contributed by atoms with van der Waals surface area (Å²) in [5, 5.41) is 15.2. The van der Waals surface area contributed by atoms with E-state index in [0.717, 1.165) is 5.56 Å². The molecule has 0 aliphatic rings. The SMILES string of the molecule is CCOC(=O)C(C#N)CCCC(/C=N\N(C)C)c1ccc(C(=O)OC)cc1. The average Bonchev–Trinajstić information content (AvgIpc) is 2.67. The lowest BCUT2D eigenvalue weighted by Gasteiger charge is -2.15. The van der Waals surface area contributed by atoms with Crippen molar-refractivity contribution in [2.45, 2.75) is 32.1 Å². The maximum absolute atomic E-state index is 11.7. The molecule has 0 fully saturated rings. The van der Waals surface area contributed by atoms with E-state index in [2.05, 4.69) is 5.10 Å². The number of hydrogen-bond donors (Lipinski definition) is 0. The maximum atomic E-state index is 11.7. The molecule has 0 heterocycles. The maximum Gasteiger partial charge on any atom is 0.337 e. The number of esters is 2. The van der Waals surface area contributed by atoms with E-state index in [9.17, 15) is 9.59 Å². The number of ether oxygens (including phenoxy) is 2. The molecule has 0 N–H and O–H groups in total. The van der Waals surface area contributed by atoms with Crippen molar-refractivity contribution in [1.82, 2.24) is 5.01 Å². The number of carbonyl (C=O) groups excluding carboxylic acids is 2. The van der Waals surface area contributed by atoms with Crippen LogP contribution in [0.2, 0.25) is 0 Å². The van der Waals surface area contributed by atoms with Crippen molar-refractivity contribution < 1.29 is 19.1 Å². The van der Waals surface area contributed by atoms with Crippen molar-refractivity contribution in [3.63, 3.8) is 0 Å². The van der Waals surface area contributed by atoms with E-state index in [0.29, 0.717) is 24.8 Å². The molecule has 0 spiro atoms. The van der Waals surface area contributed by atoms with Gasteiger partial charge in [-0.15, -0.1) is 0 Å². The summed E-state index contributed by atoms with van der Waals surface area (Å²) >= 11 is 0. The highest BCUT2D eigenvalue weighted by molar-refractivity contribution is 5.89. The summed E-state index contributed by atoms with van der Waals surface area (Å²) in [7, 11) is 5.01. The van der Waals surface area contributed by atoms with E-state index < -0.39 is 11.9 Å². The van der Waals surface area contributed by atoms with E-state index in [1.54, 1.807) is 24.1 Å². The van der Waals surface area contributed by atoms with Crippen LogP contribution in [0.5, 0.6) is 0 Å². The van der Waals surface area contributed by atoms with E-state index in [1.807, 2.05) is 38.5 Å². The van der Waals surface area contributed by atoms with Crippen molar-refractivity contribution in [2.24, 2.45) is 11.0 Å². The molecule has 0 amide bonds. The molecule has 27 heavy (non-hydrogen) atoms. The minimum Gasteiger partial charge on any atom is -0.465 e. The van der Waals surface area contributed by atoms with Crippen molar-refractivity contribution >= 4 is 18.2 Å². The number of methoxy groups -OCH3 is 1. The van der Waals surface area contributed by atoms with Crippen LogP contribution in [0.15, 0.2) is 29.4 Å². The molecule has 0 radical (unpaired) electrons. The standard InChI is InChI=1S/C20H27N3O4/c1-5-27-20(25)17(13-21)7-6-8-18(14-22-23(2)3)15-9-11-16(12-10-15)19(24)26-4/h9-12,14,17-18H,5-8H2,1-4H3/b22-14-. The lowest BCUT2D eigenvalue weighted by atomic mass is 9.92. The quantitative estimate of drug-likeness (QED) is 0.356. The highest BCUT2D eigenvalue weighted by Gasteiger charge is 2.20. The molecule has 7 nitrogen and oxygen atoms in total. The molecule has 1 aromatic carbocycles. The third kappa shape index (κ3) is 7.48. The van der Waals surface area contributed by atoms with E-state index >= 15 is 0 Å². The first-order valence-electron chi connectivity index (χ1n) is 8.88. The predicted octanol–water partition coefficient (Wildman–Crippen LogP) is 2.98. The average molecular weight is 373 g/mol. The van der Waals surface area contributed by atoms with Crippen LogP contribution in [-0.2, 0) is 14.3 Å². The lowest BCUT2D eigenvalue weighted by molar-refractivity contribution is -0.146. The molecule has 7 heteroatoms. The number of rotatable bonds is 10. The summed E-state index contributed by atoms with van der Waals surface area (Å²) in [6.45, 7) is 1.99. The summed E-state index contributed by atoms with van der Waals surface area (Å²) in [5.41, 5.74) is 1.48. The Balaban J connectivity index is 2.82. The van der Waals surface area contributed by atoms with Gasteiger partial charge in [-0.2, -0.15) is 10.4 Å². The number of carbonyl (C=O) groups is 2. The van der Waals surface area contributed by atoms with Gasteiger partial charge in [0, 0.05) is 26.2 Å². The molecule has 1 rings (SSSR count). The van der Waals surface area contributed by atoms with Crippen LogP contribution in [0.1, 0.15) is 48.0 Å². The fourth-order valence-electron chi connectivity index (χ4n) is 2.55. The van der Waals surface area contributed by atoms with Crippen LogP contribution >= 0.6 is 0 Å². The Morgan fingerprint density at radius 1 is 1.26 bits per heavy atom. The molecule has 2 atom stereocenters. The first-order chi connectivity index (χ1) is 12.9. The van der Waals surface area contributed by atoms with Crippen molar-refractivity contribution in [3.05, 3.63) is 35.4 Å². The summed E-state index contributed by atoms with van der Waals surface area (Å²) in [6, 6.07) is 9.18. The van der Waals surface area contributed by atoms with Gasteiger partial charge in [-0.25, -0.2) is 4.79 Å². The zero-order valence-corrected chi connectivity index (χ0v) is 16.3. The van der Waals surface area contributed by atoms with Crippen LogP contribution in [0.25, 0.3) is 0 Å². The Morgan fingerprint density at radius 2 is 1.93 bits per heavy atom. The molecular weight excluding hydrogens is 346 g/mol. The third-order valence-corrected chi connectivity index (χ3v) is 3.97. The van der Waals surface area contributed by atoms with Crippen molar-refractivity contribution in [1.29, 1.82) is 5.26 Å². The molecule has 0 saturated carbocycles. The summed E-state index contributed by atoms with van der Waals surface area (Å²) in [5.74, 6) is -1.61. The minimum absolute atomic E-state index is 0.000588. The summed E-state index contributed by atoms with van der Waals surface area (Å²) < 4.78 is 9.64. The summed E-state index contributed by atoms with van der Waals surface area (Å²) in [4.78, 5) is 23.3. The van der Waals surface area contributed by atoms with Crippen molar-refractivity contribution in [2.75, 3.05) is 27.8 Å². The van der Waals surface area contributed by atoms with E-state index in [4.69, 9.17) is 14.7 Å². The molecule has 0 saturated heterocycles. The number of nitrogens with zero attached hydrogens (tertiary/aromatic N) is 3. The predicted molar refractivity (Wildman–Crippen MR) is 102 cm³/mol. The number of nitriles is 1. The number of benzene rings is 1. The van der Waals surface area contributed by atoms with E-state index in [1.165, 1.54) is 7.11 Å². The molecule has 1 aromatic rings. The van der Waals surface area contributed by atoms with Crippen LogP contribution in [0.3, 0.4) is 0 Å². The Hall–Kier alpha value is -2.88. The van der Waals surface area contributed by atoms with Crippen LogP contribution < -0.4 is 0 Å². The van der Waals surface area contributed by atoms with Gasteiger partial charge in [0.15, 0.2) is 0 Å². The van der Waals surface area contributed by atoms with Crippen LogP contribution in [0, 0.1) is 17.2 Å². The van der Waals surface area contributed by atoms with Gasteiger partial charge in [0.2, 0.25) is 0 Å². The Labute approximate surface area is 160 Å². The second-order valence-electron chi connectivity index (χ2n) is 6.20. The Bertz CT molecular complexity index is 677. The molecule has 0 aliphatic heterocycles. The monoisotopic (exact) mass is 373 g/mol. The van der Waals surface area contributed by atoms with Crippen LogP contribution in [0.4, 0.5) is 0 Å². The van der Waals surface area contributed by atoms with Gasteiger partial charge in [0.1, 0.15) is 5.92 Å². The summed E-state index contributed by atoms with van der Waals surface area (Å²) in [6.07, 6.45) is 3.65. The number of hydrazone groups is 1. The van der Waals surface area contributed by atoms with Gasteiger partial charge in [-0.3, -0.25) is 4.79 Å². The Kier molecular flexibility index (Phi) is 9.59. The van der Waals surface area contributed by atoms with Gasteiger partial charge in [-0.1, -0.05) is 18.6 Å². The first-order valence-corrected chi connectivity index (χ1v) is 8.88. The Morgan fingerprint density at radius 3 is 2.44 bits per heavy atom. The van der Waals surface area contributed by atoms with Gasteiger partial charge in [0.05, 0.1) is 25.3 Å². The van der Waals surface area contributed by atoms with Gasteiger partial charge >= 0.3 is 11.9 Å². The molecule has 0 aliphatic carbocycles. The second-order valence-corrected chi connectivity index (χ2v) is 6.20. The molecule has 0 bridgehead atoms. The normalized spacial score (nSPS) is 12.9. The second kappa shape index (κ2) is 11.7. The third-order valence-electron chi connectivity index (χ3n) is 3.97. The topological polar surface area (TPSA) is 92.0 Å². The highest BCUT2D eigenvalue weighted by atomic mass is 16.5. The highest BCUT2D eigenvalue weighted by Crippen LogP contribution is 2.23. The van der Waals surface area contributed by atoms with Crippen molar-refractivity contribution in [3.8, 4) is 6.07 Å². The first kappa shape index (κ1) is 22.2. The van der Waals surface area contributed by atoms with Gasteiger partial charge in [-0.05, 0) is 37.5 Å². The van der Waals surface area contributed by atoms with E-state index in [-0.39, 0.29) is 18.5 Å². The van der Waals surface area contributed by atoms with Crippen LogP contribution in [-0.4, -0.2) is 51.0 Å². The van der Waals surface area contributed by atoms with Gasteiger partial charge < -0.3 is 14.5 Å². The molecule has 146 valence electrons. The zero-order chi connectivity index (χ0) is 20.2. The fourth-order valence-corrected chi connectivity index (χ4v) is 2.55. The fraction of sp³-hybridized carbons (Fsp3) is 0.500. The van der Waals surface area contributed by atoms with Gasteiger partial charge in [0.25, 0.3) is 0 Å². The minimum atomic E-state index is -0.752. The number of hydrogen-bond acceptors (Lipinski definition) is 7. The zero-order valence-electron chi connectivity index (χ0n) is 16.3. The largest absolute Gasteiger partial charge is 0.465 e.